The van der Waals surface area contributed by atoms with Gasteiger partial charge >= 0.3 is 0 Å². The molecule has 2 saturated heterocycles. The van der Waals surface area contributed by atoms with Crippen molar-refractivity contribution in [3.63, 3.8) is 0 Å². The third-order valence-corrected chi connectivity index (χ3v) is 13.5. The Labute approximate surface area is 351 Å². The average molecular weight is 816 g/mol. The number of anilines is 4. The number of aliphatic hydroxyl groups is 1. The molecule has 0 radical (unpaired) electrons. The number of aryl methyl sites for hydroxylation is 1. The van der Waals surface area contributed by atoms with Crippen LogP contribution in [0.5, 0.6) is 0 Å². The van der Waals surface area contributed by atoms with E-state index in [0.29, 0.717) is 53.5 Å². The summed E-state index contributed by atoms with van der Waals surface area (Å²) in [6, 6.07) is 11.0. The second-order valence-corrected chi connectivity index (χ2v) is 18.2. The number of aromatic nitrogens is 4. The number of hydrogen-bond donors (Lipinski definition) is 3. The van der Waals surface area contributed by atoms with Crippen molar-refractivity contribution >= 4 is 34.8 Å². The minimum Gasteiger partial charge on any atom is -0.392 e. The van der Waals surface area contributed by atoms with Gasteiger partial charge in [0, 0.05) is 112 Å². The Kier molecular flexibility index (Phi) is 10.7. The van der Waals surface area contributed by atoms with Crippen molar-refractivity contribution in [2.75, 3.05) is 54.5 Å². The van der Waals surface area contributed by atoms with Crippen LogP contribution in [-0.4, -0.2) is 98.4 Å². The number of piperazine rings is 1. The van der Waals surface area contributed by atoms with Crippen molar-refractivity contribution in [1.82, 2.24) is 29.3 Å². The summed E-state index contributed by atoms with van der Waals surface area (Å²) in [4.78, 5) is 56.2. The lowest BCUT2D eigenvalue weighted by molar-refractivity contribution is -0.117. The van der Waals surface area contributed by atoms with E-state index >= 15 is 0 Å². The lowest BCUT2D eigenvalue weighted by atomic mass is 9.75. The van der Waals surface area contributed by atoms with E-state index in [1.54, 1.807) is 30.4 Å². The van der Waals surface area contributed by atoms with Crippen LogP contribution in [0.1, 0.15) is 85.2 Å². The predicted octanol–water partition coefficient (Wildman–Crippen LogP) is 4.90. The Balaban J connectivity index is 0.997. The topological polar surface area (TPSA) is 150 Å². The molecule has 60 heavy (non-hydrogen) atoms. The van der Waals surface area contributed by atoms with Crippen molar-refractivity contribution in [1.29, 1.82) is 0 Å². The Morgan fingerprint density at radius 2 is 1.87 bits per heavy atom. The van der Waals surface area contributed by atoms with Gasteiger partial charge in [-0.25, -0.2) is 9.97 Å². The number of pyridine rings is 1. The van der Waals surface area contributed by atoms with E-state index in [4.69, 9.17) is 9.72 Å². The van der Waals surface area contributed by atoms with Gasteiger partial charge in [0.15, 0.2) is 5.82 Å². The number of nitrogens with one attached hydrogen (secondary N) is 2. The van der Waals surface area contributed by atoms with Crippen molar-refractivity contribution in [3.8, 4) is 11.3 Å². The van der Waals surface area contributed by atoms with Crippen LogP contribution in [-0.2, 0) is 42.6 Å². The molecule has 1 saturated carbocycles. The molecule has 14 heteroatoms. The summed E-state index contributed by atoms with van der Waals surface area (Å²) in [6.45, 7) is 15.7. The number of nitrogens with zero attached hydrogens (tertiary/aromatic N) is 7. The Morgan fingerprint density at radius 3 is 2.62 bits per heavy atom. The molecule has 3 fully saturated rings. The Hall–Kier alpha value is -5.31. The molecule has 3 aromatic heterocycles. The summed E-state index contributed by atoms with van der Waals surface area (Å²) < 4.78 is 9.29. The third-order valence-electron chi connectivity index (χ3n) is 13.5. The maximum Gasteiger partial charge on any atom is 0.293 e. The van der Waals surface area contributed by atoms with Gasteiger partial charge in [0.1, 0.15) is 11.5 Å². The van der Waals surface area contributed by atoms with Crippen molar-refractivity contribution in [2.24, 2.45) is 12.5 Å². The van der Waals surface area contributed by atoms with Gasteiger partial charge in [0.25, 0.3) is 11.5 Å². The molecular weight excluding hydrogens is 759 g/mol. The van der Waals surface area contributed by atoms with Gasteiger partial charge in [-0.15, -0.1) is 0 Å². The molecule has 0 spiro atoms. The van der Waals surface area contributed by atoms with E-state index in [-0.39, 0.29) is 47.2 Å². The largest absolute Gasteiger partial charge is 0.392 e. The van der Waals surface area contributed by atoms with E-state index in [0.717, 1.165) is 77.1 Å². The van der Waals surface area contributed by atoms with Crippen LogP contribution < -0.4 is 26.0 Å². The molecule has 3 N–H and O–H groups in total. The number of fused-ring (bicyclic) bond motifs is 3. The SMILES string of the molecule is C=CC(=O)NC1CC(c2cc(Nc3nc(-c4ccnc(N5CCn6c(cc7c6CC(C)(C)C7)C5=O)c4CO)cn(C)c3=O)ccc2N2CCN(C3CCOCC3)CC2C)C1. The number of ether oxygens (including phenoxy) is 1. The molecule has 14 nitrogen and oxygen atoms in total. The van der Waals surface area contributed by atoms with Crippen LogP contribution in [0.25, 0.3) is 11.3 Å². The number of rotatable bonds is 10. The highest BCUT2D eigenvalue weighted by atomic mass is 16.5. The monoisotopic (exact) mass is 815 g/mol. The summed E-state index contributed by atoms with van der Waals surface area (Å²) in [6.07, 6.45) is 10.2. The standard InChI is InChI=1S/C46H57N9O5/c1-6-41(57)48-32-19-29(20-32)35-22-31(7-8-38(35)53-14-13-52(25-28(53)2)33-10-17-60-18-11-33)49-42-45(59)51(5)26-37(50-42)34-9-12-47-43(36(34)27-56)55-16-15-54-39(44(55)58)21-30-23-46(3,4)24-40(30)54/h6-9,12,21-22,26,28-29,32-33,56H,1,10-11,13-20,23-25,27H2,2-5H3,(H,48,57)(H,49,50). The summed E-state index contributed by atoms with van der Waals surface area (Å²) in [5, 5.41) is 17.3. The van der Waals surface area contributed by atoms with Gasteiger partial charge in [-0.3, -0.25) is 24.2 Å². The van der Waals surface area contributed by atoms with Crippen LogP contribution >= 0.6 is 0 Å². The van der Waals surface area contributed by atoms with Gasteiger partial charge < -0.3 is 34.5 Å². The second kappa shape index (κ2) is 15.9. The van der Waals surface area contributed by atoms with E-state index in [2.05, 4.69) is 69.5 Å². The number of carbonyl (C=O) groups excluding carboxylic acids is 2. The quantitative estimate of drug-likeness (QED) is 0.189. The summed E-state index contributed by atoms with van der Waals surface area (Å²) in [7, 11) is 1.68. The normalized spacial score (nSPS) is 22.9. The number of carbonyl (C=O) groups is 2. The molecule has 4 aromatic rings. The summed E-state index contributed by atoms with van der Waals surface area (Å²) in [5.41, 5.74) is 7.62. The first-order valence-electron chi connectivity index (χ1n) is 21.5. The third kappa shape index (κ3) is 7.43. The van der Waals surface area contributed by atoms with Crippen LogP contribution in [0.3, 0.4) is 0 Å². The molecule has 1 aromatic carbocycles. The molecule has 3 aliphatic heterocycles. The first-order valence-corrected chi connectivity index (χ1v) is 21.5. The van der Waals surface area contributed by atoms with E-state index in [1.807, 2.05) is 12.1 Å². The maximum atomic E-state index is 14.0. The molecule has 1 unspecified atom stereocenters. The predicted molar refractivity (Wildman–Crippen MR) is 232 cm³/mol. The fourth-order valence-corrected chi connectivity index (χ4v) is 10.4. The van der Waals surface area contributed by atoms with E-state index < -0.39 is 0 Å². The van der Waals surface area contributed by atoms with E-state index in [9.17, 15) is 19.5 Å². The average Bonchev–Trinajstić information content (AvgIpc) is 3.72. The fraction of sp³-hybridized carbons (Fsp3) is 0.500. The number of aliphatic hydroxyl groups excluding tert-OH is 1. The van der Waals surface area contributed by atoms with Crippen molar-refractivity contribution in [2.45, 2.75) is 96.5 Å². The van der Waals surface area contributed by atoms with Gasteiger partial charge in [-0.1, -0.05) is 20.4 Å². The lowest BCUT2D eigenvalue weighted by Crippen LogP contribution is -2.56. The molecule has 9 rings (SSSR count). The van der Waals surface area contributed by atoms with Crippen LogP contribution in [0.15, 0.2) is 60.2 Å². The molecular formula is C46H57N9O5. The minimum atomic E-state index is -0.372. The van der Waals surface area contributed by atoms with Gasteiger partial charge in [-0.2, -0.15) is 0 Å². The highest BCUT2D eigenvalue weighted by molar-refractivity contribution is 6.06. The molecule has 316 valence electrons. The molecule has 1 atom stereocenters. The Bertz CT molecular complexity index is 2390. The second-order valence-electron chi connectivity index (χ2n) is 18.2. The molecule has 2 amide bonds. The maximum absolute atomic E-state index is 14.0. The fourth-order valence-electron chi connectivity index (χ4n) is 10.4. The number of amides is 2. The smallest absolute Gasteiger partial charge is 0.293 e. The van der Waals surface area contributed by atoms with Crippen LogP contribution in [0, 0.1) is 5.41 Å². The molecule has 0 bridgehead atoms. The van der Waals surface area contributed by atoms with Gasteiger partial charge in [0.05, 0.1) is 12.3 Å². The van der Waals surface area contributed by atoms with Gasteiger partial charge in [0.2, 0.25) is 5.91 Å². The van der Waals surface area contributed by atoms with Crippen molar-refractivity contribution in [3.05, 3.63) is 93.8 Å². The zero-order valence-electron chi connectivity index (χ0n) is 35.2. The van der Waals surface area contributed by atoms with Crippen LogP contribution in [0.4, 0.5) is 23.0 Å². The first-order chi connectivity index (χ1) is 28.9. The summed E-state index contributed by atoms with van der Waals surface area (Å²) in [5.74, 6) is 0.451. The highest BCUT2D eigenvalue weighted by Crippen LogP contribution is 2.44. The Morgan fingerprint density at radius 1 is 1.07 bits per heavy atom. The number of benzene rings is 1. The highest BCUT2D eigenvalue weighted by Gasteiger charge is 2.39. The van der Waals surface area contributed by atoms with E-state index in [1.165, 1.54) is 33.2 Å². The summed E-state index contributed by atoms with van der Waals surface area (Å²) >= 11 is 0. The zero-order valence-corrected chi connectivity index (χ0v) is 35.2. The first kappa shape index (κ1) is 40.1. The van der Waals surface area contributed by atoms with Crippen LogP contribution in [0.2, 0.25) is 0 Å². The lowest BCUT2D eigenvalue weighted by Gasteiger charge is -2.47. The molecule has 5 aliphatic rings. The zero-order chi connectivity index (χ0) is 41.9. The van der Waals surface area contributed by atoms with Crippen molar-refractivity contribution < 1.29 is 19.4 Å². The van der Waals surface area contributed by atoms with Gasteiger partial charge in [-0.05, 0) is 104 Å². The minimum absolute atomic E-state index is 0.0725. The molecule has 2 aliphatic carbocycles. The molecule has 6 heterocycles. The number of hydrogen-bond acceptors (Lipinski definition) is 10.